The van der Waals surface area contributed by atoms with Crippen LogP contribution >= 0.6 is 0 Å². The van der Waals surface area contributed by atoms with Gasteiger partial charge in [0.2, 0.25) is 0 Å². The number of aliphatic carboxylic acids is 1. The molecular weight excluding hydrogens is 288 g/mol. The number of hydrogen-bond donors (Lipinski definition) is 1. The number of unbranched alkanes of at least 4 members (excludes halogenated alkanes) is 5. The van der Waals surface area contributed by atoms with Crippen molar-refractivity contribution in [1.82, 2.24) is 0 Å². The van der Waals surface area contributed by atoms with Crippen molar-refractivity contribution >= 4 is 11.8 Å². The van der Waals surface area contributed by atoms with Gasteiger partial charge < -0.3 is 5.11 Å². The maximum Gasteiger partial charge on any atom is 0.303 e. The van der Waals surface area contributed by atoms with E-state index >= 15 is 0 Å². The van der Waals surface area contributed by atoms with Crippen molar-refractivity contribution in [3.05, 3.63) is 24.8 Å². The minimum absolute atomic E-state index is 0.0165. The van der Waals surface area contributed by atoms with Crippen LogP contribution in [0.2, 0.25) is 0 Å². The molecule has 0 aliphatic carbocycles. The van der Waals surface area contributed by atoms with Gasteiger partial charge in [-0.3, -0.25) is 9.59 Å². The predicted octanol–water partition coefficient (Wildman–Crippen LogP) is 4.15. The second-order valence-electron chi connectivity index (χ2n) is 5.27. The number of carboxylic acid groups (broad SMARTS) is 1. The largest absolute Gasteiger partial charge is 0.481 e. The molecule has 0 aromatic carbocycles. The fraction of sp³-hybridized carbons (Fsp3) is 0.500. The SMILES string of the molecule is C=CC(C#CC#CCC=CCCCCCCCC(=O)O)C(C)=O. The van der Waals surface area contributed by atoms with Gasteiger partial charge in [0.25, 0.3) is 0 Å². The van der Waals surface area contributed by atoms with E-state index in [1.807, 2.05) is 6.08 Å². The van der Waals surface area contributed by atoms with Crippen LogP contribution in [0.4, 0.5) is 0 Å². The molecule has 124 valence electrons. The van der Waals surface area contributed by atoms with Gasteiger partial charge in [0, 0.05) is 12.8 Å². The summed E-state index contributed by atoms with van der Waals surface area (Å²) >= 11 is 0. The molecule has 0 heterocycles. The molecule has 0 fully saturated rings. The number of Topliss-reactive ketones (excluding diaryl/α,β-unsaturated/α-hetero) is 1. The smallest absolute Gasteiger partial charge is 0.303 e. The fourth-order valence-electron chi connectivity index (χ4n) is 1.86. The highest BCUT2D eigenvalue weighted by molar-refractivity contribution is 5.83. The molecular formula is C20H26O3. The molecule has 0 rings (SSSR count). The normalized spacial score (nSPS) is 11.0. The lowest BCUT2D eigenvalue weighted by Gasteiger charge is -1.97. The lowest BCUT2D eigenvalue weighted by molar-refractivity contribution is -0.137. The van der Waals surface area contributed by atoms with Gasteiger partial charge in [-0.25, -0.2) is 0 Å². The van der Waals surface area contributed by atoms with E-state index in [-0.39, 0.29) is 12.2 Å². The molecule has 3 nitrogen and oxygen atoms in total. The van der Waals surface area contributed by atoms with Gasteiger partial charge in [0.05, 0.1) is 5.92 Å². The van der Waals surface area contributed by atoms with Crippen molar-refractivity contribution < 1.29 is 14.7 Å². The summed E-state index contributed by atoms with van der Waals surface area (Å²) in [7, 11) is 0. The van der Waals surface area contributed by atoms with E-state index in [0.29, 0.717) is 6.42 Å². The van der Waals surface area contributed by atoms with Crippen LogP contribution < -0.4 is 0 Å². The van der Waals surface area contributed by atoms with Crippen LogP contribution in [-0.4, -0.2) is 16.9 Å². The Hall–Kier alpha value is -2.26. The number of carboxylic acids is 1. The van der Waals surface area contributed by atoms with Crippen LogP contribution in [0.5, 0.6) is 0 Å². The molecule has 0 amide bonds. The Kier molecular flexibility index (Phi) is 13.2. The average Bonchev–Trinajstić information content (AvgIpc) is 2.50. The maximum absolute atomic E-state index is 11.1. The molecule has 0 saturated carbocycles. The van der Waals surface area contributed by atoms with Crippen molar-refractivity contribution in [2.75, 3.05) is 0 Å². The summed E-state index contributed by atoms with van der Waals surface area (Å²) in [6.07, 6.45) is 12.7. The van der Waals surface area contributed by atoms with E-state index in [9.17, 15) is 9.59 Å². The maximum atomic E-state index is 11.1. The number of hydrogen-bond acceptors (Lipinski definition) is 2. The van der Waals surface area contributed by atoms with E-state index in [0.717, 1.165) is 38.5 Å². The van der Waals surface area contributed by atoms with Gasteiger partial charge >= 0.3 is 5.97 Å². The minimum Gasteiger partial charge on any atom is -0.481 e. The quantitative estimate of drug-likeness (QED) is 0.354. The van der Waals surface area contributed by atoms with Crippen molar-refractivity contribution in [2.45, 2.75) is 58.3 Å². The third-order valence-electron chi connectivity index (χ3n) is 3.20. The third kappa shape index (κ3) is 14.4. The Morgan fingerprint density at radius 1 is 1.09 bits per heavy atom. The first-order valence-electron chi connectivity index (χ1n) is 8.06. The van der Waals surface area contributed by atoms with Crippen LogP contribution in [0.3, 0.4) is 0 Å². The van der Waals surface area contributed by atoms with Gasteiger partial charge in [-0.2, -0.15) is 0 Å². The Morgan fingerprint density at radius 2 is 1.78 bits per heavy atom. The molecule has 1 atom stereocenters. The Labute approximate surface area is 139 Å². The second-order valence-corrected chi connectivity index (χ2v) is 5.27. The van der Waals surface area contributed by atoms with Gasteiger partial charge in [0.15, 0.2) is 0 Å². The fourth-order valence-corrected chi connectivity index (χ4v) is 1.86. The first-order chi connectivity index (χ1) is 11.1. The van der Waals surface area contributed by atoms with Crippen LogP contribution in [0, 0.1) is 29.6 Å². The third-order valence-corrected chi connectivity index (χ3v) is 3.20. The lowest BCUT2D eigenvalue weighted by Crippen LogP contribution is -2.03. The number of rotatable bonds is 11. The summed E-state index contributed by atoms with van der Waals surface area (Å²) in [5, 5.41) is 8.51. The van der Waals surface area contributed by atoms with Gasteiger partial charge in [-0.05, 0) is 38.0 Å². The molecule has 0 aliphatic heterocycles. The summed E-state index contributed by atoms with van der Waals surface area (Å²) in [6, 6.07) is 0. The number of carbonyl (C=O) groups is 2. The Bertz CT molecular complexity index is 521. The highest BCUT2D eigenvalue weighted by Gasteiger charge is 2.03. The average molecular weight is 314 g/mol. The lowest BCUT2D eigenvalue weighted by atomic mass is 10.1. The standard InChI is InChI=1S/C20H26O3/c1-3-19(18(2)21)16-14-12-10-8-6-4-5-7-9-11-13-15-17-20(22)23/h3-4,6,19H,1,5,7-9,11,13,15,17H2,2H3,(H,22,23). The van der Waals surface area contributed by atoms with Crippen molar-refractivity contribution in [3.8, 4) is 23.7 Å². The van der Waals surface area contributed by atoms with Crippen molar-refractivity contribution in [2.24, 2.45) is 5.92 Å². The van der Waals surface area contributed by atoms with Crippen molar-refractivity contribution in [1.29, 1.82) is 0 Å². The van der Waals surface area contributed by atoms with Gasteiger partial charge in [-0.1, -0.05) is 49.3 Å². The topological polar surface area (TPSA) is 54.4 Å². The molecule has 0 bridgehead atoms. The molecule has 1 unspecified atom stereocenters. The van der Waals surface area contributed by atoms with Crippen LogP contribution in [0.15, 0.2) is 24.8 Å². The predicted molar refractivity (Wildman–Crippen MR) is 93.6 cm³/mol. The second kappa shape index (κ2) is 14.7. The molecule has 0 saturated heterocycles. The minimum atomic E-state index is -0.708. The van der Waals surface area contributed by atoms with E-state index in [1.165, 1.54) is 13.0 Å². The molecule has 0 aliphatic rings. The van der Waals surface area contributed by atoms with E-state index in [4.69, 9.17) is 5.11 Å². The number of ketones is 1. The number of carbonyl (C=O) groups excluding carboxylic acids is 1. The molecule has 1 N–H and O–H groups in total. The molecule has 0 radical (unpaired) electrons. The summed E-state index contributed by atoms with van der Waals surface area (Å²) in [5.41, 5.74) is 0. The molecule has 0 aromatic rings. The van der Waals surface area contributed by atoms with Gasteiger partial charge in [-0.15, -0.1) is 6.58 Å². The monoisotopic (exact) mass is 314 g/mol. The summed E-state index contributed by atoms with van der Waals surface area (Å²) in [4.78, 5) is 21.4. The Morgan fingerprint density at radius 3 is 2.43 bits per heavy atom. The first-order valence-corrected chi connectivity index (χ1v) is 8.06. The zero-order chi connectivity index (χ0) is 17.3. The van der Waals surface area contributed by atoms with E-state index in [1.54, 1.807) is 0 Å². The molecule has 0 aromatic heterocycles. The van der Waals surface area contributed by atoms with Crippen molar-refractivity contribution in [3.63, 3.8) is 0 Å². The summed E-state index contributed by atoms with van der Waals surface area (Å²) in [6.45, 7) is 5.05. The summed E-state index contributed by atoms with van der Waals surface area (Å²) in [5.74, 6) is 9.94. The molecule has 3 heteroatoms. The first kappa shape index (κ1) is 20.7. The van der Waals surface area contributed by atoms with E-state index < -0.39 is 11.9 Å². The van der Waals surface area contributed by atoms with Crippen LogP contribution in [-0.2, 0) is 9.59 Å². The summed E-state index contributed by atoms with van der Waals surface area (Å²) < 4.78 is 0. The highest BCUT2D eigenvalue weighted by Crippen LogP contribution is 2.07. The zero-order valence-electron chi connectivity index (χ0n) is 13.9. The van der Waals surface area contributed by atoms with Crippen LogP contribution in [0.1, 0.15) is 58.3 Å². The molecule has 0 spiro atoms. The Balaban J connectivity index is 3.64. The number of allylic oxidation sites excluding steroid dienone is 3. The van der Waals surface area contributed by atoms with Crippen LogP contribution in [0.25, 0.3) is 0 Å². The van der Waals surface area contributed by atoms with E-state index in [2.05, 4.69) is 36.3 Å². The molecule has 23 heavy (non-hydrogen) atoms. The highest BCUT2D eigenvalue weighted by atomic mass is 16.4. The van der Waals surface area contributed by atoms with Gasteiger partial charge in [0.1, 0.15) is 5.78 Å². The zero-order valence-corrected chi connectivity index (χ0v) is 13.9.